The molecule has 144 valence electrons. The first-order valence-electron chi connectivity index (χ1n) is 9.12. The highest BCUT2D eigenvalue weighted by atomic mass is 35.5. The van der Waals surface area contributed by atoms with E-state index in [0.717, 1.165) is 18.6 Å². The lowest BCUT2D eigenvalue weighted by Crippen LogP contribution is -2.56. The summed E-state index contributed by atoms with van der Waals surface area (Å²) in [5.41, 5.74) is 7.29. The number of fused-ring (bicyclic) bond motifs is 1. The zero-order valence-electron chi connectivity index (χ0n) is 15.1. The van der Waals surface area contributed by atoms with Crippen LogP contribution in [0.3, 0.4) is 0 Å². The van der Waals surface area contributed by atoms with E-state index in [1.54, 1.807) is 0 Å². The first-order chi connectivity index (χ1) is 12.7. The normalized spacial score (nSPS) is 25.7. The van der Waals surface area contributed by atoms with E-state index in [-0.39, 0.29) is 35.9 Å². The number of carbonyl (C=O) groups excluding carboxylic acids is 1. The van der Waals surface area contributed by atoms with Gasteiger partial charge in [-0.3, -0.25) is 4.79 Å². The maximum Gasteiger partial charge on any atom is 0.224 e. The Morgan fingerprint density at radius 3 is 2.44 bits per heavy atom. The fourth-order valence-electron chi connectivity index (χ4n) is 3.95. The van der Waals surface area contributed by atoms with Gasteiger partial charge >= 0.3 is 0 Å². The number of halogens is 1. The first kappa shape index (κ1) is 19.5. The van der Waals surface area contributed by atoms with E-state index in [1.165, 1.54) is 5.56 Å². The summed E-state index contributed by atoms with van der Waals surface area (Å²) in [6.45, 7) is 0.992. The molecule has 5 nitrogen and oxygen atoms in total. The van der Waals surface area contributed by atoms with Crippen molar-refractivity contribution in [2.75, 3.05) is 13.2 Å². The Kier molecular flexibility index (Phi) is 5.92. The molecule has 1 aliphatic heterocycles. The molecule has 1 heterocycles. The number of benzene rings is 2. The number of ether oxygens (including phenoxy) is 2. The molecule has 1 amide bonds. The summed E-state index contributed by atoms with van der Waals surface area (Å²) in [5.74, 6) is 1.44. The molecule has 1 saturated carbocycles. The molecule has 0 bridgehead atoms. The topological polar surface area (TPSA) is 73.6 Å². The number of hydrogen-bond acceptors (Lipinski definition) is 4. The van der Waals surface area contributed by atoms with Crippen LogP contribution in [0, 0.1) is 0 Å². The molecule has 2 aliphatic rings. The van der Waals surface area contributed by atoms with Gasteiger partial charge in [0, 0.05) is 18.0 Å². The summed E-state index contributed by atoms with van der Waals surface area (Å²) in [6.07, 6.45) is 1.80. The van der Waals surface area contributed by atoms with Crippen LogP contribution in [-0.4, -0.2) is 31.2 Å². The summed E-state index contributed by atoms with van der Waals surface area (Å²) in [6, 6.07) is 18.0. The van der Waals surface area contributed by atoms with Gasteiger partial charge in [-0.05, 0) is 30.5 Å². The van der Waals surface area contributed by atoms with Gasteiger partial charge in [-0.25, -0.2) is 0 Å². The minimum absolute atomic E-state index is 0. The van der Waals surface area contributed by atoms with Gasteiger partial charge in [0.05, 0.1) is 6.42 Å². The SMILES string of the molecule is Cl.NCC1(c2ccccc2)CC(NC(=O)CC2COc3ccccc3O2)C1. The fourth-order valence-corrected chi connectivity index (χ4v) is 3.95. The fraction of sp³-hybridized carbons (Fsp3) is 0.381. The Bertz CT molecular complexity index is 778. The molecule has 27 heavy (non-hydrogen) atoms. The van der Waals surface area contributed by atoms with E-state index in [1.807, 2.05) is 42.5 Å². The van der Waals surface area contributed by atoms with E-state index in [9.17, 15) is 4.79 Å². The summed E-state index contributed by atoms with van der Waals surface area (Å²) in [5, 5.41) is 3.12. The second-order valence-corrected chi connectivity index (χ2v) is 7.22. The predicted octanol–water partition coefficient (Wildman–Crippen LogP) is 2.81. The Morgan fingerprint density at radius 1 is 1.07 bits per heavy atom. The Morgan fingerprint density at radius 2 is 1.74 bits per heavy atom. The first-order valence-corrected chi connectivity index (χ1v) is 9.12. The van der Waals surface area contributed by atoms with E-state index in [2.05, 4.69) is 17.4 Å². The molecule has 3 N–H and O–H groups in total. The molecule has 2 aromatic carbocycles. The van der Waals surface area contributed by atoms with Crippen LogP contribution in [-0.2, 0) is 10.2 Å². The van der Waals surface area contributed by atoms with E-state index in [0.29, 0.717) is 25.3 Å². The van der Waals surface area contributed by atoms with Crippen LogP contribution in [0.4, 0.5) is 0 Å². The predicted molar refractivity (Wildman–Crippen MR) is 107 cm³/mol. The van der Waals surface area contributed by atoms with Crippen molar-refractivity contribution < 1.29 is 14.3 Å². The van der Waals surface area contributed by atoms with Crippen molar-refractivity contribution in [3.05, 3.63) is 60.2 Å². The maximum absolute atomic E-state index is 12.4. The molecule has 4 rings (SSSR count). The Balaban J connectivity index is 0.00000210. The van der Waals surface area contributed by atoms with Crippen molar-refractivity contribution >= 4 is 18.3 Å². The third kappa shape index (κ3) is 4.04. The molecule has 0 aromatic heterocycles. The van der Waals surface area contributed by atoms with Gasteiger partial charge in [0.25, 0.3) is 0 Å². The van der Waals surface area contributed by atoms with Crippen molar-refractivity contribution in [1.29, 1.82) is 0 Å². The zero-order valence-corrected chi connectivity index (χ0v) is 15.9. The summed E-state index contributed by atoms with van der Waals surface area (Å²) in [7, 11) is 0. The standard InChI is InChI=1S/C21H24N2O3.ClH/c22-14-21(15-6-2-1-3-7-15)11-16(12-21)23-20(24)10-17-13-25-18-8-4-5-9-19(18)26-17;/h1-9,16-17H,10-14,22H2,(H,23,24);1H. The number of para-hydroxylation sites is 2. The maximum atomic E-state index is 12.4. The summed E-state index contributed by atoms with van der Waals surface area (Å²) < 4.78 is 11.5. The van der Waals surface area contributed by atoms with Gasteiger partial charge in [-0.2, -0.15) is 0 Å². The van der Waals surface area contributed by atoms with Gasteiger partial charge in [-0.1, -0.05) is 42.5 Å². The second kappa shape index (κ2) is 8.19. The van der Waals surface area contributed by atoms with Gasteiger partial charge in [0.2, 0.25) is 5.91 Å². The van der Waals surface area contributed by atoms with Crippen molar-refractivity contribution in [3.63, 3.8) is 0 Å². The second-order valence-electron chi connectivity index (χ2n) is 7.22. The molecule has 0 spiro atoms. The van der Waals surface area contributed by atoms with Crippen LogP contribution in [0.5, 0.6) is 11.5 Å². The number of amides is 1. The third-order valence-corrected chi connectivity index (χ3v) is 5.40. The molecule has 1 atom stereocenters. The van der Waals surface area contributed by atoms with Crippen LogP contribution in [0.1, 0.15) is 24.8 Å². The largest absolute Gasteiger partial charge is 0.486 e. The van der Waals surface area contributed by atoms with Crippen LogP contribution in [0.15, 0.2) is 54.6 Å². The number of hydrogen-bond donors (Lipinski definition) is 2. The molecule has 0 saturated heterocycles. The molecular formula is C21H25ClN2O3. The minimum atomic E-state index is -0.252. The smallest absolute Gasteiger partial charge is 0.224 e. The van der Waals surface area contributed by atoms with Crippen molar-refractivity contribution in [2.24, 2.45) is 5.73 Å². The molecule has 2 aromatic rings. The zero-order chi connectivity index (χ0) is 18.0. The molecule has 0 radical (unpaired) electrons. The highest BCUT2D eigenvalue weighted by molar-refractivity contribution is 5.85. The Labute approximate surface area is 165 Å². The van der Waals surface area contributed by atoms with Crippen molar-refractivity contribution in [3.8, 4) is 11.5 Å². The molecule has 1 fully saturated rings. The van der Waals surface area contributed by atoms with E-state index in [4.69, 9.17) is 15.2 Å². The lowest BCUT2D eigenvalue weighted by molar-refractivity contribution is -0.125. The van der Waals surface area contributed by atoms with Gasteiger partial charge in [0.15, 0.2) is 11.5 Å². The molecule has 1 aliphatic carbocycles. The average molecular weight is 389 g/mol. The summed E-state index contributed by atoms with van der Waals surface area (Å²) in [4.78, 5) is 12.4. The molecule has 6 heteroatoms. The lowest BCUT2D eigenvalue weighted by Gasteiger charge is -2.48. The average Bonchev–Trinajstić information content (AvgIpc) is 2.65. The van der Waals surface area contributed by atoms with Gasteiger partial charge in [0.1, 0.15) is 12.7 Å². The number of nitrogens with two attached hydrogens (primary N) is 1. The number of nitrogens with one attached hydrogen (secondary N) is 1. The molecule has 1 unspecified atom stereocenters. The summed E-state index contributed by atoms with van der Waals surface area (Å²) >= 11 is 0. The Hall–Kier alpha value is -2.24. The van der Waals surface area contributed by atoms with Crippen molar-refractivity contribution in [2.45, 2.75) is 36.8 Å². The quantitative estimate of drug-likeness (QED) is 0.826. The van der Waals surface area contributed by atoms with E-state index >= 15 is 0 Å². The van der Waals surface area contributed by atoms with Crippen molar-refractivity contribution in [1.82, 2.24) is 5.32 Å². The van der Waals surface area contributed by atoms with Gasteiger partial charge < -0.3 is 20.5 Å². The minimum Gasteiger partial charge on any atom is -0.486 e. The third-order valence-electron chi connectivity index (χ3n) is 5.40. The number of carbonyl (C=O) groups is 1. The van der Waals surface area contributed by atoms with Crippen LogP contribution in [0.25, 0.3) is 0 Å². The number of rotatable bonds is 5. The van der Waals surface area contributed by atoms with Crippen LogP contribution in [0.2, 0.25) is 0 Å². The van der Waals surface area contributed by atoms with Gasteiger partial charge in [-0.15, -0.1) is 12.4 Å². The van der Waals surface area contributed by atoms with Crippen LogP contribution < -0.4 is 20.5 Å². The highest BCUT2D eigenvalue weighted by Crippen LogP contribution is 2.43. The molecular weight excluding hydrogens is 364 g/mol. The highest BCUT2D eigenvalue weighted by Gasteiger charge is 2.45. The monoisotopic (exact) mass is 388 g/mol. The lowest BCUT2D eigenvalue weighted by atomic mass is 9.61. The van der Waals surface area contributed by atoms with Crippen LogP contribution >= 0.6 is 12.4 Å². The van der Waals surface area contributed by atoms with E-state index < -0.39 is 0 Å².